The number of carbonyl (C=O) groups is 2. The van der Waals surface area contributed by atoms with E-state index in [0.29, 0.717) is 5.56 Å². The van der Waals surface area contributed by atoms with E-state index < -0.39 is 5.41 Å². The maximum absolute atomic E-state index is 12.6. The van der Waals surface area contributed by atoms with Gasteiger partial charge in [-0.15, -0.1) is 0 Å². The summed E-state index contributed by atoms with van der Waals surface area (Å²) in [7, 11) is 1.70. The van der Waals surface area contributed by atoms with Crippen LogP contribution in [0.1, 0.15) is 53.6 Å². The van der Waals surface area contributed by atoms with Crippen LogP contribution >= 0.6 is 0 Å². The molecule has 1 aliphatic rings. The molecule has 2 amide bonds. The van der Waals surface area contributed by atoms with Crippen LogP contribution < -0.4 is 10.6 Å². The molecule has 136 valence electrons. The van der Waals surface area contributed by atoms with Crippen LogP contribution in [-0.4, -0.2) is 18.9 Å². The van der Waals surface area contributed by atoms with Crippen molar-refractivity contribution in [3.63, 3.8) is 0 Å². The molecule has 0 radical (unpaired) electrons. The molecular weight excluding hydrogens is 324 g/mol. The summed E-state index contributed by atoms with van der Waals surface area (Å²) in [6.07, 6.45) is 5.07. The molecular formula is C22H26N2O2. The molecule has 0 bridgehead atoms. The highest BCUT2D eigenvalue weighted by atomic mass is 16.2. The summed E-state index contributed by atoms with van der Waals surface area (Å²) in [6.45, 7) is 1.97. The summed E-state index contributed by atoms with van der Waals surface area (Å²) in [5.74, 6) is -0.0334. The maximum atomic E-state index is 12.6. The number of hydrogen-bond acceptors (Lipinski definition) is 2. The highest BCUT2D eigenvalue weighted by Crippen LogP contribution is 2.40. The van der Waals surface area contributed by atoms with E-state index >= 15 is 0 Å². The highest BCUT2D eigenvalue weighted by Gasteiger charge is 2.40. The smallest absolute Gasteiger partial charge is 0.255 e. The second-order valence-corrected chi connectivity index (χ2v) is 7.12. The zero-order chi connectivity index (χ0) is 18.6. The molecule has 0 aliphatic heterocycles. The van der Waals surface area contributed by atoms with Crippen LogP contribution in [0.2, 0.25) is 0 Å². The third kappa shape index (κ3) is 3.64. The summed E-state index contributed by atoms with van der Waals surface area (Å²) < 4.78 is 0. The summed E-state index contributed by atoms with van der Waals surface area (Å²) in [5.41, 5.74) is 3.03. The van der Waals surface area contributed by atoms with Gasteiger partial charge in [0, 0.05) is 18.3 Å². The van der Waals surface area contributed by atoms with Crippen LogP contribution in [0.5, 0.6) is 0 Å². The van der Waals surface area contributed by atoms with E-state index in [1.807, 2.05) is 49.4 Å². The number of benzene rings is 2. The fourth-order valence-electron chi connectivity index (χ4n) is 3.90. The lowest BCUT2D eigenvalue weighted by Crippen LogP contribution is -2.44. The highest BCUT2D eigenvalue weighted by molar-refractivity contribution is 6.04. The first-order chi connectivity index (χ1) is 12.5. The minimum Gasteiger partial charge on any atom is -0.358 e. The second-order valence-electron chi connectivity index (χ2n) is 7.12. The molecule has 0 saturated heterocycles. The zero-order valence-corrected chi connectivity index (χ0v) is 15.5. The monoisotopic (exact) mass is 350 g/mol. The quantitative estimate of drug-likeness (QED) is 0.868. The third-order valence-electron chi connectivity index (χ3n) is 5.34. The largest absolute Gasteiger partial charge is 0.358 e. The molecule has 0 aromatic heterocycles. The molecule has 0 heterocycles. The predicted octanol–water partition coefficient (Wildman–Crippen LogP) is 4.20. The van der Waals surface area contributed by atoms with Crippen molar-refractivity contribution in [2.75, 3.05) is 12.4 Å². The van der Waals surface area contributed by atoms with Crippen molar-refractivity contribution in [3.8, 4) is 0 Å². The zero-order valence-electron chi connectivity index (χ0n) is 15.5. The van der Waals surface area contributed by atoms with Crippen LogP contribution in [-0.2, 0) is 10.2 Å². The summed E-state index contributed by atoms with van der Waals surface area (Å²) >= 11 is 0. The van der Waals surface area contributed by atoms with Gasteiger partial charge in [0.2, 0.25) is 5.91 Å². The molecule has 1 saturated carbocycles. The van der Waals surface area contributed by atoms with Gasteiger partial charge in [-0.25, -0.2) is 0 Å². The summed E-state index contributed by atoms with van der Waals surface area (Å²) in [4.78, 5) is 25.0. The van der Waals surface area contributed by atoms with Gasteiger partial charge in [-0.1, -0.05) is 49.1 Å². The van der Waals surface area contributed by atoms with Crippen molar-refractivity contribution in [1.82, 2.24) is 5.32 Å². The topological polar surface area (TPSA) is 58.2 Å². The predicted molar refractivity (Wildman–Crippen MR) is 104 cm³/mol. The average molecular weight is 350 g/mol. The van der Waals surface area contributed by atoms with Crippen LogP contribution in [0.3, 0.4) is 0 Å². The van der Waals surface area contributed by atoms with Gasteiger partial charge < -0.3 is 10.6 Å². The molecule has 26 heavy (non-hydrogen) atoms. The Labute approximate surface area is 155 Å². The number of anilines is 1. The Balaban J connectivity index is 1.79. The van der Waals surface area contributed by atoms with E-state index in [2.05, 4.69) is 10.6 Å². The van der Waals surface area contributed by atoms with E-state index in [1.54, 1.807) is 13.1 Å². The van der Waals surface area contributed by atoms with Crippen molar-refractivity contribution in [2.45, 2.75) is 44.4 Å². The van der Waals surface area contributed by atoms with Crippen molar-refractivity contribution in [1.29, 1.82) is 0 Å². The van der Waals surface area contributed by atoms with E-state index in [1.165, 1.54) is 6.42 Å². The minimum absolute atomic E-state index is 0.0914. The van der Waals surface area contributed by atoms with Crippen molar-refractivity contribution < 1.29 is 9.59 Å². The lowest BCUT2D eigenvalue weighted by atomic mass is 9.68. The molecule has 1 fully saturated rings. The summed E-state index contributed by atoms with van der Waals surface area (Å²) in [6, 6.07) is 15.3. The normalized spacial score (nSPS) is 15.9. The fraction of sp³-hybridized carbons (Fsp3) is 0.364. The maximum Gasteiger partial charge on any atom is 0.255 e. The number of nitrogens with one attached hydrogen (secondary N) is 2. The Bertz CT molecular complexity index is 790. The Morgan fingerprint density at radius 1 is 0.962 bits per heavy atom. The number of carbonyl (C=O) groups excluding carboxylic acids is 2. The lowest BCUT2D eigenvalue weighted by molar-refractivity contribution is -0.127. The van der Waals surface area contributed by atoms with Gasteiger partial charge in [0.05, 0.1) is 5.41 Å². The molecule has 3 rings (SSSR count). The number of likely N-dealkylation sites (N-methyl/N-ethyl adjacent to an activating group) is 1. The molecule has 2 aromatic rings. The molecule has 2 aromatic carbocycles. The molecule has 0 atom stereocenters. The minimum atomic E-state index is -0.438. The Kier molecular flexibility index (Phi) is 5.40. The molecule has 4 nitrogen and oxygen atoms in total. The fourth-order valence-corrected chi connectivity index (χ4v) is 3.90. The second kappa shape index (κ2) is 7.73. The average Bonchev–Trinajstić information content (AvgIpc) is 2.68. The van der Waals surface area contributed by atoms with Gasteiger partial charge in [-0.05, 0) is 49.6 Å². The molecule has 1 aliphatic carbocycles. The Hall–Kier alpha value is -2.62. The van der Waals surface area contributed by atoms with Crippen LogP contribution in [0.15, 0.2) is 48.5 Å². The number of amides is 2. The molecule has 0 unspecified atom stereocenters. The standard InChI is InChI=1S/C22H26N2O2/c1-16-7-6-8-17(15-16)20(25)24-19-11-9-18(10-12-19)22(21(26)23-2)13-4-3-5-14-22/h6-12,15H,3-5,13-14H2,1-2H3,(H,23,26)(H,24,25). The van der Waals surface area contributed by atoms with Crippen molar-refractivity contribution >= 4 is 17.5 Å². The van der Waals surface area contributed by atoms with Crippen molar-refractivity contribution in [2.24, 2.45) is 0 Å². The molecule has 4 heteroatoms. The van der Waals surface area contributed by atoms with Gasteiger partial charge in [-0.2, -0.15) is 0 Å². The van der Waals surface area contributed by atoms with Gasteiger partial charge in [0.15, 0.2) is 0 Å². The Morgan fingerprint density at radius 2 is 1.65 bits per heavy atom. The lowest BCUT2D eigenvalue weighted by Gasteiger charge is -2.36. The number of hydrogen-bond donors (Lipinski definition) is 2. The van der Waals surface area contributed by atoms with Gasteiger partial charge in [0.1, 0.15) is 0 Å². The first kappa shape index (κ1) is 18.2. The SMILES string of the molecule is CNC(=O)C1(c2ccc(NC(=O)c3cccc(C)c3)cc2)CCCCC1. The number of aryl methyl sites for hydroxylation is 1. The summed E-state index contributed by atoms with van der Waals surface area (Å²) in [5, 5.41) is 5.77. The van der Waals surface area contributed by atoms with E-state index in [-0.39, 0.29) is 11.8 Å². The van der Waals surface area contributed by atoms with Crippen LogP contribution in [0, 0.1) is 6.92 Å². The van der Waals surface area contributed by atoms with Gasteiger partial charge in [-0.3, -0.25) is 9.59 Å². The van der Waals surface area contributed by atoms with Crippen molar-refractivity contribution in [3.05, 3.63) is 65.2 Å². The third-order valence-corrected chi connectivity index (χ3v) is 5.34. The first-order valence-electron chi connectivity index (χ1n) is 9.26. The number of rotatable bonds is 4. The first-order valence-corrected chi connectivity index (χ1v) is 9.26. The van der Waals surface area contributed by atoms with Crippen LogP contribution in [0.4, 0.5) is 5.69 Å². The van der Waals surface area contributed by atoms with E-state index in [9.17, 15) is 9.59 Å². The van der Waals surface area contributed by atoms with Crippen LogP contribution in [0.25, 0.3) is 0 Å². The Morgan fingerprint density at radius 3 is 2.27 bits per heavy atom. The van der Waals surface area contributed by atoms with Gasteiger partial charge >= 0.3 is 0 Å². The van der Waals surface area contributed by atoms with Gasteiger partial charge in [0.25, 0.3) is 5.91 Å². The molecule has 0 spiro atoms. The van der Waals surface area contributed by atoms with E-state index in [4.69, 9.17) is 0 Å². The van der Waals surface area contributed by atoms with E-state index in [0.717, 1.165) is 42.5 Å². The molecule has 2 N–H and O–H groups in total.